The van der Waals surface area contributed by atoms with Gasteiger partial charge in [-0.1, -0.05) is 38.0 Å². The second-order valence-corrected chi connectivity index (χ2v) is 11.9. The van der Waals surface area contributed by atoms with Crippen LogP contribution in [0.3, 0.4) is 0 Å². The Morgan fingerprint density at radius 2 is 1.52 bits per heavy atom. The van der Waals surface area contributed by atoms with Crippen LogP contribution in [0.15, 0.2) is 59.5 Å². The highest BCUT2D eigenvalue weighted by molar-refractivity contribution is 7.92. The fourth-order valence-corrected chi connectivity index (χ4v) is 6.73. The molecule has 1 atom stereocenters. The number of anilines is 2. The van der Waals surface area contributed by atoms with E-state index in [4.69, 9.17) is 0 Å². The molecule has 1 saturated heterocycles. The maximum absolute atomic E-state index is 13.0. The molecule has 33 heavy (non-hydrogen) atoms. The quantitative estimate of drug-likeness (QED) is 0.607. The molecule has 1 aliphatic heterocycles. The smallest absolute Gasteiger partial charge is 0.248 e. The molecule has 8 nitrogen and oxygen atoms in total. The summed E-state index contributed by atoms with van der Waals surface area (Å²) >= 11 is 0. The van der Waals surface area contributed by atoms with Crippen LogP contribution in [0, 0.1) is 0 Å². The second kappa shape index (κ2) is 10.7. The predicted octanol–water partition coefficient (Wildman–Crippen LogP) is 3.43. The molecule has 3 rings (SSSR count). The molecule has 0 aromatic heterocycles. The van der Waals surface area contributed by atoms with Gasteiger partial charge in [0.25, 0.3) is 0 Å². The average molecular weight is 494 g/mol. The van der Waals surface area contributed by atoms with Crippen molar-refractivity contribution in [2.24, 2.45) is 0 Å². The topological polar surface area (TPSA) is 104 Å². The first-order chi connectivity index (χ1) is 15.6. The van der Waals surface area contributed by atoms with E-state index in [2.05, 4.69) is 5.32 Å². The van der Waals surface area contributed by atoms with Crippen molar-refractivity contribution in [3.8, 4) is 0 Å². The zero-order valence-electron chi connectivity index (χ0n) is 19.0. The number of para-hydroxylation sites is 1. The molecule has 0 spiro atoms. The second-order valence-electron chi connectivity index (χ2n) is 8.15. The van der Waals surface area contributed by atoms with E-state index in [0.717, 1.165) is 36.2 Å². The van der Waals surface area contributed by atoms with Gasteiger partial charge in [0.1, 0.15) is 6.04 Å². The number of rotatable bonds is 8. The van der Waals surface area contributed by atoms with Crippen molar-refractivity contribution in [2.45, 2.75) is 50.0 Å². The highest BCUT2D eigenvalue weighted by Gasteiger charge is 2.31. The third-order valence-electron chi connectivity index (χ3n) is 5.67. The van der Waals surface area contributed by atoms with E-state index in [1.807, 2.05) is 0 Å². The Labute approximate surface area is 196 Å². The van der Waals surface area contributed by atoms with Crippen molar-refractivity contribution < 1.29 is 21.6 Å². The molecule has 1 N–H and O–H groups in total. The van der Waals surface area contributed by atoms with Crippen LogP contribution in [-0.2, 0) is 24.8 Å². The fourth-order valence-electron chi connectivity index (χ4n) is 4.00. The molecule has 0 saturated carbocycles. The maximum atomic E-state index is 13.0. The summed E-state index contributed by atoms with van der Waals surface area (Å²) < 4.78 is 53.5. The van der Waals surface area contributed by atoms with Crippen LogP contribution in [0.2, 0.25) is 0 Å². The van der Waals surface area contributed by atoms with Crippen LogP contribution >= 0.6 is 0 Å². The van der Waals surface area contributed by atoms with Gasteiger partial charge in [0.2, 0.25) is 26.0 Å². The Morgan fingerprint density at radius 1 is 0.939 bits per heavy atom. The van der Waals surface area contributed by atoms with Gasteiger partial charge in [-0.3, -0.25) is 9.10 Å². The molecule has 1 aliphatic rings. The van der Waals surface area contributed by atoms with Gasteiger partial charge in [0, 0.05) is 18.8 Å². The minimum absolute atomic E-state index is 0.177. The number of carbonyl (C=O) groups excluding carboxylic acids is 1. The lowest BCUT2D eigenvalue weighted by molar-refractivity contribution is -0.117. The summed E-state index contributed by atoms with van der Waals surface area (Å²) in [5, 5.41) is 2.73. The number of nitrogens with one attached hydrogen (secondary N) is 1. The molecule has 1 amide bonds. The Hall–Kier alpha value is -2.43. The minimum atomic E-state index is -3.72. The Balaban J connectivity index is 1.78. The first kappa shape index (κ1) is 25.2. The number of nitrogens with zero attached hydrogens (tertiary/aromatic N) is 2. The molecule has 0 radical (unpaired) electrons. The predicted molar refractivity (Wildman–Crippen MR) is 130 cm³/mol. The summed E-state index contributed by atoms with van der Waals surface area (Å²) in [6.45, 7) is 2.77. The molecule has 1 unspecified atom stereocenters. The van der Waals surface area contributed by atoms with Crippen LogP contribution in [0.25, 0.3) is 0 Å². The van der Waals surface area contributed by atoms with Gasteiger partial charge >= 0.3 is 0 Å². The highest BCUT2D eigenvalue weighted by Crippen LogP contribution is 2.24. The number of benzene rings is 2. The summed E-state index contributed by atoms with van der Waals surface area (Å²) in [4.78, 5) is 13.2. The van der Waals surface area contributed by atoms with Crippen molar-refractivity contribution in [1.82, 2.24) is 4.31 Å². The van der Waals surface area contributed by atoms with Crippen molar-refractivity contribution in [1.29, 1.82) is 0 Å². The van der Waals surface area contributed by atoms with E-state index < -0.39 is 32.0 Å². The summed E-state index contributed by atoms with van der Waals surface area (Å²) in [6.07, 6.45) is 5.09. The zero-order chi connectivity index (χ0) is 24.1. The van der Waals surface area contributed by atoms with Crippen LogP contribution in [-0.4, -0.2) is 52.4 Å². The molecule has 1 heterocycles. The molecule has 2 aromatic rings. The van der Waals surface area contributed by atoms with Crippen LogP contribution in [0.5, 0.6) is 0 Å². The standard InChI is InChI=1S/C23H31N3O5S2/c1-3-22(26(32(2,28)29)20-11-7-6-8-12-20)23(27)24-19-13-15-21(16-14-19)33(30,31)25-17-9-4-5-10-18-25/h6-8,11-16,22H,3-5,9-10,17-18H2,1-2H3,(H,24,27). The fraction of sp³-hybridized carbons (Fsp3) is 0.435. The van der Waals surface area contributed by atoms with Crippen LogP contribution in [0.4, 0.5) is 11.4 Å². The number of carbonyl (C=O) groups is 1. The number of sulfonamides is 2. The van der Waals surface area contributed by atoms with E-state index in [9.17, 15) is 21.6 Å². The summed E-state index contributed by atoms with van der Waals surface area (Å²) in [6, 6.07) is 13.5. The molecule has 0 aliphatic carbocycles. The van der Waals surface area contributed by atoms with Gasteiger partial charge in [-0.05, 0) is 55.7 Å². The number of amides is 1. The van der Waals surface area contributed by atoms with Crippen LogP contribution in [0.1, 0.15) is 39.0 Å². The molecular weight excluding hydrogens is 462 g/mol. The largest absolute Gasteiger partial charge is 0.324 e. The third kappa shape index (κ3) is 6.13. The van der Waals surface area contributed by atoms with Gasteiger partial charge in [-0.15, -0.1) is 0 Å². The first-order valence-electron chi connectivity index (χ1n) is 11.1. The van der Waals surface area contributed by atoms with E-state index in [0.29, 0.717) is 24.5 Å². The minimum Gasteiger partial charge on any atom is -0.324 e. The summed E-state index contributed by atoms with van der Waals surface area (Å²) in [5.41, 5.74) is 0.802. The normalized spacial score (nSPS) is 16.5. The Morgan fingerprint density at radius 3 is 2.03 bits per heavy atom. The van der Waals surface area contributed by atoms with Gasteiger partial charge in [0.05, 0.1) is 16.8 Å². The lowest BCUT2D eigenvalue weighted by atomic mass is 10.2. The van der Waals surface area contributed by atoms with Gasteiger partial charge < -0.3 is 5.32 Å². The molecule has 2 aromatic carbocycles. The molecule has 180 valence electrons. The van der Waals surface area contributed by atoms with Gasteiger partial charge in [-0.25, -0.2) is 16.8 Å². The lowest BCUT2D eigenvalue weighted by Gasteiger charge is -2.30. The Kier molecular flexibility index (Phi) is 8.14. The monoisotopic (exact) mass is 493 g/mol. The summed E-state index contributed by atoms with van der Waals surface area (Å²) in [7, 11) is -7.31. The Bertz CT molecular complexity index is 1140. The van der Waals surface area contributed by atoms with E-state index in [1.54, 1.807) is 37.3 Å². The van der Waals surface area contributed by atoms with E-state index in [1.165, 1.54) is 28.6 Å². The molecule has 10 heteroatoms. The van der Waals surface area contributed by atoms with Crippen molar-refractivity contribution in [3.63, 3.8) is 0 Å². The van der Waals surface area contributed by atoms with Crippen molar-refractivity contribution in [3.05, 3.63) is 54.6 Å². The van der Waals surface area contributed by atoms with Gasteiger partial charge in [0.15, 0.2) is 0 Å². The SMILES string of the molecule is CCC(C(=O)Nc1ccc(S(=O)(=O)N2CCCCCC2)cc1)N(c1ccccc1)S(C)(=O)=O. The lowest BCUT2D eigenvalue weighted by Crippen LogP contribution is -2.46. The summed E-state index contributed by atoms with van der Waals surface area (Å²) in [5.74, 6) is -0.491. The number of hydrogen-bond donors (Lipinski definition) is 1. The zero-order valence-corrected chi connectivity index (χ0v) is 20.6. The number of hydrogen-bond acceptors (Lipinski definition) is 5. The van der Waals surface area contributed by atoms with Crippen molar-refractivity contribution in [2.75, 3.05) is 29.0 Å². The highest BCUT2D eigenvalue weighted by atomic mass is 32.2. The van der Waals surface area contributed by atoms with Gasteiger partial charge in [-0.2, -0.15) is 4.31 Å². The first-order valence-corrected chi connectivity index (χ1v) is 14.4. The van der Waals surface area contributed by atoms with Crippen molar-refractivity contribution >= 4 is 37.3 Å². The average Bonchev–Trinajstić information content (AvgIpc) is 3.07. The van der Waals surface area contributed by atoms with E-state index in [-0.39, 0.29) is 11.3 Å². The van der Waals surface area contributed by atoms with E-state index >= 15 is 0 Å². The molecule has 1 fully saturated rings. The maximum Gasteiger partial charge on any atom is 0.248 e. The third-order valence-corrected chi connectivity index (χ3v) is 8.76. The molecule has 0 bridgehead atoms. The van der Waals surface area contributed by atoms with Crippen LogP contribution < -0.4 is 9.62 Å². The molecular formula is C23H31N3O5S2.